The Morgan fingerprint density at radius 1 is 1.12 bits per heavy atom. The molecule has 34 heavy (non-hydrogen) atoms. The highest BCUT2D eigenvalue weighted by Gasteiger charge is 2.37. The molecule has 2 amide bonds. The maximum Gasteiger partial charge on any atom is 0.255 e. The zero-order valence-corrected chi connectivity index (χ0v) is 22.3. The quantitative estimate of drug-likeness (QED) is 0.360. The van der Waals surface area contributed by atoms with Gasteiger partial charge in [0.05, 0.1) is 6.04 Å². The highest BCUT2D eigenvalue weighted by molar-refractivity contribution is 14.1. The second-order valence-corrected chi connectivity index (χ2v) is 11.0. The van der Waals surface area contributed by atoms with E-state index in [1.54, 1.807) is 12.1 Å². The lowest BCUT2D eigenvalue weighted by Crippen LogP contribution is -2.40. The normalized spacial score (nSPS) is 20.5. The van der Waals surface area contributed by atoms with E-state index in [0.717, 1.165) is 34.1 Å². The number of hydrogen-bond acceptors (Lipinski definition) is 3. The van der Waals surface area contributed by atoms with Gasteiger partial charge in [0.15, 0.2) is 0 Å². The summed E-state index contributed by atoms with van der Waals surface area (Å²) in [6.45, 7) is 5.13. The first kappa shape index (κ1) is 25.2. The third-order valence-electron chi connectivity index (χ3n) is 7.37. The number of piperidine rings is 1. The van der Waals surface area contributed by atoms with Crippen molar-refractivity contribution in [2.24, 2.45) is 5.73 Å². The van der Waals surface area contributed by atoms with Crippen molar-refractivity contribution in [1.82, 2.24) is 9.80 Å². The molecule has 2 aliphatic heterocycles. The van der Waals surface area contributed by atoms with Crippen LogP contribution in [0.4, 0.5) is 0 Å². The number of primary amides is 1. The number of benzene rings is 2. The van der Waals surface area contributed by atoms with E-state index in [4.69, 9.17) is 5.73 Å². The van der Waals surface area contributed by atoms with Crippen molar-refractivity contribution in [1.29, 1.82) is 0 Å². The summed E-state index contributed by atoms with van der Waals surface area (Å²) in [5.41, 5.74) is 8.69. The molecule has 2 unspecified atom stereocenters. The van der Waals surface area contributed by atoms with Gasteiger partial charge in [-0.15, -0.1) is 0 Å². The SMILES string of the molecule is CCCCC1CCCCN1CCCC1c2ccc(C(N)=O)cc2C(=O)N1Cc1cccc(I)c1. The molecule has 0 spiro atoms. The first-order valence-corrected chi connectivity index (χ1v) is 13.8. The number of halogens is 1. The van der Waals surface area contributed by atoms with Crippen LogP contribution in [0.2, 0.25) is 0 Å². The molecule has 2 aliphatic rings. The standard InChI is InChI=1S/C28H36IN3O2/c1-2-3-10-23-11-4-5-15-31(23)16-7-12-26-24-14-13-21(27(30)33)18-25(24)28(34)32(26)19-20-8-6-9-22(29)17-20/h6,8-9,13-14,17-18,23,26H,2-5,7,10-12,15-16,19H2,1H3,(H2,30,33). The lowest BCUT2D eigenvalue weighted by atomic mass is 9.95. The van der Waals surface area contributed by atoms with Crippen LogP contribution in [0.5, 0.6) is 0 Å². The van der Waals surface area contributed by atoms with E-state index in [2.05, 4.69) is 52.6 Å². The summed E-state index contributed by atoms with van der Waals surface area (Å²) in [6, 6.07) is 14.5. The number of unbranched alkanes of at least 4 members (excludes halogenated alkanes) is 1. The molecule has 5 nitrogen and oxygen atoms in total. The van der Waals surface area contributed by atoms with Gasteiger partial charge in [-0.25, -0.2) is 0 Å². The number of carbonyl (C=O) groups is 2. The van der Waals surface area contributed by atoms with Crippen LogP contribution < -0.4 is 5.73 Å². The minimum atomic E-state index is -0.494. The van der Waals surface area contributed by atoms with Gasteiger partial charge in [0.1, 0.15) is 0 Å². The number of nitrogens with zero attached hydrogens (tertiary/aromatic N) is 2. The third-order valence-corrected chi connectivity index (χ3v) is 8.04. The van der Waals surface area contributed by atoms with Crippen molar-refractivity contribution in [3.63, 3.8) is 0 Å². The van der Waals surface area contributed by atoms with Crippen LogP contribution in [0.1, 0.15) is 96.2 Å². The summed E-state index contributed by atoms with van der Waals surface area (Å²) in [4.78, 5) is 29.9. The van der Waals surface area contributed by atoms with Crippen molar-refractivity contribution in [2.45, 2.75) is 76.9 Å². The molecule has 2 N–H and O–H groups in total. The van der Waals surface area contributed by atoms with Crippen LogP contribution in [0.25, 0.3) is 0 Å². The van der Waals surface area contributed by atoms with Gasteiger partial charge in [0.25, 0.3) is 5.91 Å². The molecule has 1 fully saturated rings. The molecule has 2 heterocycles. The van der Waals surface area contributed by atoms with Gasteiger partial charge in [0, 0.05) is 27.3 Å². The van der Waals surface area contributed by atoms with Crippen molar-refractivity contribution < 1.29 is 9.59 Å². The second kappa shape index (κ2) is 11.7. The zero-order chi connectivity index (χ0) is 24.1. The topological polar surface area (TPSA) is 66.6 Å². The lowest BCUT2D eigenvalue weighted by Gasteiger charge is -2.36. The average Bonchev–Trinajstić information content (AvgIpc) is 3.09. The fourth-order valence-electron chi connectivity index (χ4n) is 5.58. The fraction of sp³-hybridized carbons (Fsp3) is 0.500. The molecule has 2 atom stereocenters. The molecule has 1 saturated heterocycles. The molecule has 6 heteroatoms. The van der Waals surface area contributed by atoms with Crippen LogP contribution in [0.3, 0.4) is 0 Å². The van der Waals surface area contributed by atoms with Gasteiger partial charge in [-0.05, 0) is 103 Å². The van der Waals surface area contributed by atoms with Crippen LogP contribution in [-0.2, 0) is 6.54 Å². The number of carbonyl (C=O) groups excluding carboxylic acids is 2. The Labute approximate surface area is 217 Å². The van der Waals surface area contributed by atoms with E-state index in [9.17, 15) is 9.59 Å². The Kier molecular flexibility index (Phi) is 8.64. The summed E-state index contributed by atoms with van der Waals surface area (Å²) in [6.07, 6.45) is 9.80. The first-order valence-electron chi connectivity index (χ1n) is 12.7. The Balaban J connectivity index is 1.51. The summed E-state index contributed by atoms with van der Waals surface area (Å²) < 4.78 is 1.16. The molecule has 182 valence electrons. The fourth-order valence-corrected chi connectivity index (χ4v) is 6.19. The van der Waals surface area contributed by atoms with Crippen LogP contribution in [0, 0.1) is 3.57 Å². The van der Waals surface area contributed by atoms with Crippen LogP contribution >= 0.6 is 22.6 Å². The van der Waals surface area contributed by atoms with E-state index in [-0.39, 0.29) is 11.9 Å². The van der Waals surface area contributed by atoms with Crippen molar-refractivity contribution in [3.8, 4) is 0 Å². The number of amides is 2. The number of nitrogens with two attached hydrogens (primary N) is 1. The largest absolute Gasteiger partial charge is 0.366 e. The Morgan fingerprint density at radius 3 is 2.74 bits per heavy atom. The van der Waals surface area contributed by atoms with E-state index < -0.39 is 5.91 Å². The smallest absolute Gasteiger partial charge is 0.255 e. The molecule has 2 aromatic carbocycles. The molecule has 2 aromatic rings. The van der Waals surface area contributed by atoms with Crippen LogP contribution in [-0.4, -0.2) is 40.7 Å². The Bertz CT molecular complexity index is 1020. The molecule has 0 bridgehead atoms. The van der Waals surface area contributed by atoms with Gasteiger partial charge in [-0.1, -0.05) is 44.4 Å². The van der Waals surface area contributed by atoms with Gasteiger partial charge in [-0.3, -0.25) is 9.59 Å². The van der Waals surface area contributed by atoms with Crippen molar-refractivity contribution in [2.75, 3.05) is 13.1 Å². The average molecular weight is 574 g/mol. The molecule has 0 saturated carbocycles. The minimum absolute atomic E-state index is 0.000700. The monoisotopic (exact) mass is 573 g/mol. The van der Waals surface area contributed by atoms with Crippen LogP contribution in [0.15, 0.2) is 42.5 Å². The van der Waals surface area contributed by atoms with Gasteiger partial charge < -0.3 is 15.5 Å². The molecular weight excluding hydrogens is 537 g/mol. The van der Waals surface area contributed by atoms with Gasteiger partial charge in [-0.2, -0.15) is 0 Å². The maximum absolute atomic E-state index is 13.5. The van der Waals surface area contributed by atoms with E-state index in [1.165, 1.54) is 45.1 Å². The zero-order valence-electron chi connectivity index (χ0n) is 20.1. The number of likely N-dealkylation sites (tertiary alicyclic amines) is 1. The van der Waals surface area contributed by atoms with Gasteiger partial charge >= 0.3 is 0 Å². The summed E-state index contributed by atoms with van der Waals surface area (Å²) >= 11 is 2.31. The number of rotatable bonds is 10. The van der Waals surface area contributed by atoms with Crippen molar-refractivity contribution >= 4 is 34.4 Å². The van der Waals surface area contributed by atoms with E-state index >= 15 is 0 Å². The molecule has 0 aliphatic carbocycles. The highest BCUT2D eigenvalue weighted by Crippen LogP contribution is 2.38. The molecule has 0 aromatic heterocycles. The first-order chi connectivity index (χ1) is 16.5. The Hall–Kier alpha value is -1.93. The highest BCUT2D eigenvalue weighted by atomic mass is 127. The Morgan fingerprint density at radius 2 is 1.97 bits per heavy atom. The van der Waals surface area contributed by atoms with Gasteiger partial charge in [0.2, 0.25) is 5.91 Å². The van der Waals surface area contributed by atoms with Crippen molar-refractivity contribution in [3.05, 3.63) is 68.3 Å². The number of fused-ring (bicyclic) bond motifs is 1. The predicted octanol–water partition coefficient (Wildman–Crippen LogP) is 5.91. The van der Waals surface area contributed by atoms with E-state index in [1.807, 2.05) is 17.0 Å². The molecular formula is C28H36IN3O2. The maximum atomic E-state index is 13.5. The predicted molar refractivity (Wildman–Crippen MR) is 145 cm³/mol. The third kappa shape index (κ3) is 5.82. The molecule has 0 radical (unpaired) electrons. The summed E-state index contributed by atoms with van der Waals surface area (Å²) in [5.74, 6) is -0.493. The van der Waals surface area contributed by atoms with E-state index in [0.29, 0.717) is 23.7 Å². The number of hydrogen-bond donors (Lipinski definition) is 1. The lowest BCUT2D eigenvalue weighted by molar-refractivity contribution is 0.0690. The summed E-state index contributed by atoms with van der Waals surface area (Å²) in [7, 11) is 0. The minimum Gasteiger partial charge on any atom is -0.366 e. The second-order valence-electron chi connectivity index (χ2n) is 9.72. The molecule has 4 rings (SSSR count). The summed E-state index contributed by atoms with van der Waals surface area (Å²) in [5, 5.41) is 0.